The summed E-state index contributed by atoms with van der Waals surface area (Å²) in [4.78, 5) is 4.48. The summed E-state index contributed by atoms with van der Waals surface area (Å²) in [6.07, 6.45) is 1.63. The van der Waals surface area contributed by atoms with Crippen LogP contribution in [0.15, 0.2) is 65.1 Å². The molecule has 0 aliphatic rings. The number of aromatic nitrogens is 1. The molecule has 0 amide bonds. The van der Waals surface area contributed by atoms with E-state index >= 15 is 0 Å². The van der Waals surface area contributed by atoms with Crippen molar-refractivity contribution in [3.63, 3.8) is 0 Å². The van der Waals surface area contributed by atoms with E-state index in [-0.39, 0.29) is 0 Å². The Kier molecular flexibility index (Phi) is 4.23. The van der Waals surface area contributed by atoms with E-state index in [2.05, 4.69) is 21.6 Å². The van der Waals surface area contributed by atoms with E-state index < -0.39 is 0 Å². The molecule has 1 N–H and O–H groups in total. The van der Waals surface area contributed by atoms with Crippen molar-refractivity contribution >= 4 is 22.7 Å². The van der Waals surface area contributed by atoms with Gasteiger partial charge in [-0.25, -0.2) is 4.98 Å². The van der Waals surface area contributed by atoms with Crippen LogP contribution < -0.4 is 5.43 Å². The van der Waals surface area contributed by atoms with E-state index in [4.69, 9.17) is 5.26 Å². The number of anilines is 1. The average molecular weight is 304 g/mol. The number of benzene rings is 2. The second kappa shape index (κ2) is 6.66. The van der Waals surface area contributed by atoms with E-state index in [1.54, 1.807) is 12.3 Å². The van der Waals surface area contributed by atoms with Gasteiger partial charge in [-0.05, 0) is 6.07 Å². The predicted octanol–water partition coefficient (Wildman–Crippen LogP) is 4.13. The molecular formula is C17H12N4S. The van der Waals surface area contributed by atoms with Crippen molar-refractivity contribution in [2.75, 3.05) is 5.43 Å². The Morgan fingerprint density at radius 1 is 1.09 bits per heavy atom. The van der Waals surface area contributed by atoms with Crippen molar-refractivity contribution in [3.05, 3.63) is 71.1 Å². The number of hydrogen-bond acceptors (Lipinski definition) is 5. The second-order valence-electron chi connectivity index (χ2n) is 4.47. The zero-order valence-electron chi connectivity index (χ0n) is 11.6. The Hall–Kier alpha value is -2.97. The van der Waals surface area contributed by atoms with Crippen molar-refractivity contribution in [1.82, 2.24) is 4.98 Å². The molecule has 5 heteroatoms. The number of hydrogen-bond donors (Lipinski definition) is 1. The third-order valence-corrected chi connectivity index (χ3v) is 3.77. The molecule has 0 unspecified atom stereocenters. The highest BCUT2D eigenvalue weighted by molar-refractivity contribution is 7.14. The number of rotatable bonds is 4. The van der Waals surface area contributed by atoms with E-state index in [1.165, 1.54) is 11.3 Å². The average Bonchev–Trinajstić information content (AvgIpc) is 3.05. The molecule has 22 heavy (non-hydrogen) atoms. The monoisotopic (exact) mass is 304 g/mol. The van der Waals surface area contributed by atoms with Gasteiger partial charge < -0.3 is 0 Å². The lowest BCUT2D eigenvalue weighted by molar-refractivity contribution is 1.29. The van der Waals surface area contributed by atoms with Gasteiger partial charge in [0, 0.05) is 16.5 Å². The molecule has 0 atom stereocenters. The van der Waals surface area contributed by atoms with Gasteiger partial charge in [0.2, 0.25) is 5.13 Å². The SMILES string of the molecule is N#Cc1ccccc1C=NNc1nc(-c2ccccc2)cs1. The molecule has 0 saturated heterocycles. The van der Waals surface area contributed by atoms with Crippen molar-refractivity contribution in [2.24, 2.45) is 5.10 Å². The number of nitrogens with zero attached hydrogens (tertiary/aromatic N) is 3. The Bertz CT molecular complexity index is 831. The molecule has 3 rings (SSSR count). The van der Waals surface area contributed by atoms with Gasteiger partial charge in [-0.2, -0.15) is 10.4 Å². The van der Waals surface area contributed by atoms with E-state index in [1.807, 2.05) is 53.9 Å². The summed E-state index contributed by atoms with van der Waals surface area (Å²) in [5.74, 6) is 0. The quantitative estimate of drug-likeness (QED) is 0.582. The maximum atomic E-state index is 9.02. The molecule has 0 radical (unpaired) electrons. The fourth-order valence-electron chi connectivity index (χ4n) is 1.94. The first-order chi connectivity index (χ1) is 10.9. The Morgan fingerprint density at radius 3 is 2.68 bits per heavy atom. The fourth-order valence-corrected chi connectivity index (χ4v) is 2.60. The van der Waals surface area contributed by atoms with Crippen LogP contribution in [0.5, 0.6) is 0 Å². The van der Waals surface area contributed by atoms with Crippen molar-refractivity contribution in [1.29, 1.82) is 5.26 Å². The van der Waals surface area contributed by atoms with Crippen molar-refractivity contribution in [3.8, 4) is 17.3 Å². The number of nitrogens with one attached hydrogen (secondary N) is 1. The maximum absolute atomic E-state index is 9.02. The van der Waals surface area contributed by atoms with Gasteiger partial charge in [0.25, 0.3) is 0 Å². The largest absolute Gasteiger partial charge is 0.253 e. The zero-order chi connectivity index (χ0) is 15.2. The molecule has 1 heterocycles. The van der Waals surface area contributed by atoms with Crippen LogP contribution in [0.2, 0.25) is 0 Å². The molecule has 0 aliphatic carbocycles. The molecule has 0 aliphatic heterocycles. The van der Waals surface area contributed by atoms with E-state index in [0.29, 0.717) is 10.7 Å². The zero-order valence-corrected chi connectivity index (χ0v) is 12.4. The van der Waals surface area contributed by atoms with E-state index in [9.17, 15) is 0 Å². The highest BCUT2D eigenvalue weighted by atomic mass is 32.1. The molecule has 0 bridgehead atoms. The lowest BCUT2D eigenvalue weighted by atomic mass is 10.1. The molecule has 106 valence electrons. The third-order valence-electron chi connectivity index (χ3n) is 3.02. The first-order valence-electron chi connectivity index (χ1n) is 6.66. The smallest absolute Gasteiger partial charge is 0.203 e. The van der Waals surface area contributed by atoms with Crippen molar-refractivity contribution in [2.45, 2.75) is 0 Å². The van der Waals surface area contributed by atoms with Crippen LogP contribution in [-0.4, -0.2) is 11.2 Å². The van der Waals surface area contributed by atoms with Crippen LogP contribution in [0.25, 0.3) is 11.3 Å². The second-order valence-corrected chi connectivity index (χ2v) is 5.33. The van der Waals surface area contributed by atoms with Gasteiger partial charge in [0.1, 0.15) is 0 Å². The molecule has 0 fully saturated rings. The predicted molar refractivity (Wildman–Crippen MR) is 89.9 cm³/mol. The molecule has 4 nitrogen and oxygen atoms in total. The Labute approximate surface area is 132 Å². The van der Waals surface area contributed by atoms with Crippen LogP contribution in [0.4, 0.5) is 5.13 Å². The van der Waals surface area contributed by atoms with Gasteiger partial charge in [0.05, 0.1) is 23.5 Å². The van der Waals surface area contributed by atoms with Crippen molar-refractivity contribution < 1.29 is 0 Å². The molecule has 0 saturated carbocycles. The topological polar surface area (TPSA) is 61.1 Å². The Balaban J connectivity index is 1.71. The molecule has 3 aromatic rings. The van der Waals surface area contributed by atoms with Gasteiger partial charge in [0.15, 0.2) is 0 Å². The Morgan fingerprint density at radius 2 is 1.86 bits per heavy atom. The highest BCUT2D eigenvalue weighted by Crippen LogP contribution is 2.24. The minimum Gasteiger partial charge on any atom is -0.253 e. The van der Waals surface area contributed by atoms with Crippen LogP contribution in [0.3, 0.4) is 0 Å². The molecule has 2 aromatic carbocycles. The van der Waals surface area contributed by atoms with E-state index in [0.717, 1.165) is 16.8 Å². The molecule has 1 aromatic heterocycles. The number of thiazole rings is 1. The van der Waals surface area contributed by atoms with Gasteiger partial charge in [-0.15, -0.1) is 11.3 Å². The fraction of sp³-hybridized carbons (Fsp3) is 0. The van der Waals surface area contributed by atoms with Gasteiger partial charge >= 0.3 is 0 Å². The van der Waals surface area contributed by atoms with Gasteiger partial charge in [-0.1, -0.05) is 48.5 Å². The molecular weight excluding hydrogens is 292 g/mol. The van der Waals surface area contributed by atoms with Crippen LogP contribution in [0, 0.1) is 11.3 Å². The number of hydrazone groups is 1. The van der Waals surface area contributed by atoms with Crippen LogP contribution in [0.1, 0.15) is 11.1 Å². The maximum Gasteiger partial charge on any atom is 0.203 e. The standard InChI is InChI=1S/C17H12N4S/c18-10-14-8-4-5-9-15(14)11-19-21-17-20-16(12-22-17)13-6-2-1-3-7-13/h1-9,11-12H,(H,20,21). The normalized spacial score (nSPS) is 10.5. The van der Waals surface area contributed by atoms with Crippen LogP contribution in [-0.2, 0) is 0 Å². The summed E-state index contributed by atoms with van der Waals surface area (Å²) in [5, 5.41) is 15.9. The highest BCUT2D eigenvalue weighted by Gasteiger charge is 2.03. The minimum absolute atomic E-state index is 0.595. The summed E-state index contributed by atoms with van der Waals surface area (Å²) < 4.78 is 0. The lowest BCUT2D eigenvalue weighted by Gasteiger charge is -1.97. The summed E-state index contributed by atoms with van der Waals surface area (Å²) in [5.41, 5.74) is 6.26. The summed E-state index contributed by atoms with van der Waals surface area (Å²) in [7, 11) is 0. The molecule has 0 spiro atoms. The third kappa shape index (κ3) is 3.19. The van der Waals surface area contributed by atoms with Gasteiger partial charge in [-0.3, -0.25) is 5.43 Å². The summed E-state index contributed by atoms with van der Waals surface area (Å²) in [6, 6.07) is 19.4. The first kappa shape index (κ1) is 14.0. The lowest BCUT2D eigenvalue weighted by Crippen LogP contribution is -1.92. The summed E-state index contributed by atoms with van der Waals surface area (Å²) >= 11 is 1.49. The summed E-state index contributed by atoms with van der Waals surface area (Å²) in [6.45, 7) is 0. The minimum atomic E-state index is 0.595. The first-order valence-corrected chi connectivity index (χ1v) is 7.54. The van der Waals surface area contributed by atoms with Crippen LogP contribution >= 0.6 is 11.3 Å². The number of nitriles is 1.